The number of rotatable bonds is 6. The number of hydrogen-bond donors (Lipinski definition) is 0. The van der Waals surface area contributed by atoms with Gasteiger partial charge in [-0.25, -0.2) is 9.97 Å². The molecule has 0 unspecified atom stereocenters. The van der Waals surface area contributed by atoms with Crippen molar-refractivity contribution in [1.29, 1.82) is 0 Å². The van der Waals surface area contributed by atoms with E-state index in [1.807, 2.05) is 0 Å². The van der Waals surface area contributed by atoms with Gasteiger partial charge in [0.25, 0.3) is 0 Å². The Kier molecular flexibility index (Phi) is 4.42. The number of para-hydroxylation sites is 1. The third-order valence-electron chi connectivity index (χ3n) is 5.78. The predicted octanol–water partition coefficient (Wildman–Crippen LogP) is 3.51. The maximum atomic E-state index is 5.28. The molecule has 3 heterocycles. The minimum absolute atomic E-state index is 0.631. The molecule has 0 atom stereocenters. The maximum absolute atomic E-state index is 5.28. The van der Waals surface area contributed by atoms with Crippen LogP contribution in [0.25, 0.3) is 10.9 Å². The second kappa shape index (κ2) is 7.06. The van der Waals surface area contributed by atoms with E-state index in [-0.39, 0.29) is 0 Å². The first-order valence-corrected chi connectivity index (χ1v) is 9.94. The van der Waals surface area contributed by atoms with Crippen molar-refractivity contribution in [1.82, 2.24) is 19.4 Å². The van der Waals surface area contributed by atoms with Crippen molar-refractivity contribution >= 4 is 10.9 Å². The van der Waals surface area contributed by atoms with Crippen LogP contribution in [0.3, 0.4) is 0 Å². The van der Waals surface area contributed by atoms with Crippen LogP contribution in [-0.4, -0.2) is 39.7 Å². The molecule has 3 aromatic rings. The molecule has 0 N–H and O–H groups in total. The van der Waals surface area contributed by atoms with E-state index in [0.717, 1.165) is 45.0 Å². The molecule has 5 heteroatoms. The fraction of sp³-hybridized carbons (Fsp3) is 0.455. The van der Waals surface area contributed by atoms with E-state index in [9.17, 15) is 0 Å². The molecule has 0 spiro atoms. The summed E-state index contributed by atoms with van der Waals surface area (Å²) in [6.07, 6.45) is 7.92. The third-order valence-corrected chi connectivity index (χ3v) is 5.78. The normalized spacial score (nSPS) is 17.4. The average molecular weight is 362 g/mol. The van der Waals surface area contributed by atoms with E-state index >= 15 is 0 Å². The number of aromatic nitrogens is 3. The molecule has 27 heavy (non-hydrogen) atoms. The van der Waals surface area contributed by atoms with Crippen molar-refractivity contribution in [3.63, 3.8) is 0 Å². The van der Waals surface area contributed by atoms with Crippen LogP contribution in [0.5, 0.6) is 0 Å². The fourth-order valence-electron chi connectivity index (χ4n) is 4.13. The Morgan fingerprint density at radius 3 is 2.96 bits per heavy atom. The zero-order valence-corrected chi connectivity index (χ0v) is 15.9. The molecule has 1 aliphatic heterocycles. The highest BCUT2D eigenvalue weighted by atomic mass is 16.5. The lowest BCUT2D eigenvalue weighted by atomic mass is 10.1. The second-order valence-electron chi connectivity index (χ2n) is 7.79. The molecule has 5 rings (SSSR count). The zero-order valence-electron chi connectivity index (χ0n) is 15.9. The SMILES string of the molecule is COCCn1cc(CN2CCc3nc(C4CC4)ncc3C2)c2ccccc21. The number of fused-ring (bicyclic) bond motifs is 2. The summed E-state index contributed by atoms with van der Waals surface area (Å²) >= 11 is 0. The Morgan fingerprint density at radius 1 is 1.22 bits per heavy atom. The molecule has 1 saturated carbocycles. The van der Waals surface area contributed by atoms with Crippen molar-refractivity contribution in [3.8, 4) is 0 Å². The van der Waals surface area contributed by atoms with Crippen LogP contribution < -0.4 is 0 Å². The van der Waals surface area contributed by atoms with E-state index < -0.39 is 0 Å². The Labute approximate surface area is 160 Å². The molecular weight excluding hydrogens is 336 g/mol. The number of nitrogens with zero attached hydrogens (tertiary/aromatic N) is 4. The van der Waals surface area contributed by atoms with Gasteiger partial charge in [-0.05, 0) is 24.5 Å². The topological polar surface area (TPSA) is 43.2 Å². The fourth-order valence-corrected chi connectivity index (χ4v) is 4.13. The standard InChI is InChI=1S/C22H26N4O/c1-27-11-10-26-15-18(19-4-2-3-5-21(19)26)14-25-9-8-20-17(13-25)12-23-22(24-20)16-6-7-16/h2-5,12,15-16H,6-11,13-14H2,1H3. The lowest BCUT2D eigenvalue weighted by Gasteiger charge is -2.28. The van der Waals surface area contributed by atoms with Crippen LogP contribution >= 0.6 is 0 Å². The van der Waals surface area contributed by atoms with Crippen molar-refractivity contribution in [2.24, 2.45) is 0 Å². The molecule has 2 aliphatic rings. The molecule has 0 radical (unpaired) electrons. The number of ether oxygens (including phenoxy) is 1. The maximum Gasteiger partial charge on any atom is 0.131 e. The van der Waals surface area contributed by atoms with E-state index in [0.29, 0.717) is 5.92 Å². The van der Waals surface area contributed by atoms with E-state index in [1.54, 1.807) is 7.11 Å². The van der Waals surface area contributed by atoms with Crippen LogP contribution in [0, 0.1) is 0 Å². The minimum atomic E-state index is 0.631. The molecule has 0 bridgehead atoms. The van der Waals surface area contributed by atoms with Crippen molar-refractivity contribution < 1.29 is 4.74 Å². The molecule has 1 fully saturated rings. The quantitative estimate of drug-likeness (QED) is 0.673. The van der Waals surface area contributed by atoms with Gasteiger partial charge in [-0.15, -0.1) is 0 Å². The summed E-state index contributed by atoms with van der Waals surface area (Å²) in [7, 11) is 1.76. The molecule has 0 amide bonds. The highest BCUT2D eigenvalue weighted by Gasteiger charge is 2.28. The van der Waals surface area contributed by atoms with Crippen LogP contribution in [0.4, 0.5) is 0 Å². The van der Waals surface area contributed by atoms with Gasteiger partial charge in [-0.3, -0.25) is 4.90 Å². The van der Waals surface area contributed by atoms with Gasteiger partial charge in [-0.2, -0.15) is 0 Å². The van der Waals surface area contributed by atoms with Gasteiger partial charge in [-0.1, -0.05) is 18.2 Å². The highest BCUT2D eigenvalue weighted by molar-refractivity contribution is 5.83. The second-order valence-corrected chi connectivity index (χ2v) is 7.79. The van der Waals surface area contributed by atoms with Crippen molar-refractivity contribution in [3.05, 3.63) is 59.3 Å². The smallest absolute Gasteiger partial charge is 0.131 e. The summed E-state index contributed by atoms with van der Waals surface area (Å²) in [5.74, 6) is 1.70. The molecular formula is C22H26N4O. The van der Waals surface area contributed by atoms with Crippen molar-refractivity contribution in [2.75, 3.05) is 20.3 Å². The monoisotopic (exact) mass is 362 g/mol. The van der Waals surface area contributed by atoms with Crippen LogP contribution in [0.15, 0.2) is 36.7 Å². The summed E-state index contributed by atoms with van der Waals surface area (Å²) in [5, 5.41) is 1.35. The summed E-state index contributed by atoms with van der Waals surface area (Å²) in [6, 6.07) is 8.68. The molecule has 5 nitrogen and oxygen atoms in total. The Hall–Kier alpha value is -2.24. The highest BCUT2D eigenvalue weighted by Crippen LogP contribution is 2.38. The Morgan fingerprint density at radius 2 is 2.11 bits per heavy atom. The van der Waals surface area contributed by atoms with Gasteiger partial charge in [0.05, 0.1) is 6.61 Å². The lowest BCUT2D eigenvalue weighted by Crippen LogP contribution is -2.31. The Balaban J connectivity index is 1.36. The van der Waals surface area contributed by atoms with Crippen molar-refractivity contribution in [2.45, 2.75) is 44.8 Å². The molecule has 1 aliphatic carbocycles. The summed E-state index contributed by atoms with van der Waals surface area (Å²) in [4.78, 5) is 12.0. The first kappa shape index (κ1) is 16.9. The summed E-state index contributed by atoms with van der Waals surface area (Å²) in [5.41, 5.74) is 5.25. The van der Waals surface area contributed by atoms with Crippen LogP contribution in [0.2, 0.25) is 0 Å². The first-order chi connectivity index (χ1) is 13.3. The minimum Gasteiger partial charge on any atom is -0.383 e. The largest absolute Gasteiger partial charge is 0.383 e. The van der Waals surface area contributed by atoms with E-state index in [1.165, 1.54) is 40.6 Å². The molecule has 2 aromatic heterocycles. The van der Waals surface area contributed by atoms with Gasteiger partial charge >= 0.3 is 0 Å². The van der Waals surface area contributed by atoms with Gasteiger partial charge in [0, 0.05) is 80.2 Å². The number of methoxy groups -OCH3 is 1. The average Bonchev–Trinajstić information content (AvgIpc) is 3.50. The molecule has 140 valence electrons. The molecule has 1 aromatic carbocycles. The van der Waals surface area contributed by atoms with Crippen LogP contribution in [-0.2, 0) is 30.8 Å². The van der Waals surface area contributed by atoms with Crippen LogP contribution in [0.1, 0.15) is 41.4 Å². The number of hydrogen-bond acceptors (Lipinski definition) is 4. The number of benzene rings is 1. The van der Waals surface area contributed by atoms with Gasteiger partial charge < -0.3 is 9.30 Å². The third kappa shape index (κ3) is 3.37. The zero-order chi connectivity index (χ0) is 18.2. The van der Waals surface area contributed by atoms with Gasteiger partial charge in [0.2, 0.25) is 0 Å². The van der Waals surface area contributed by atoms with E-state index in [2.05, 4.69) is 51.1 Å². The Bertz CT molecular complexity index is 960. The summed E-state index contributed by atoms with van der Waals surface area (Å²) < 4.78 is 7.60. The first-order valence-electron chi connectivity index (χ1n) is 9.94. The summed E-state index contributed by atoms with van der Waals surface area (Å²) in [6.45, 7) is 4.58. The molecule has 0 saturated heterocycles. The van der Waals surface area contributed by atoms with E-state index in [4.69, 9.17) is 9.72 Å². The van der Waals surface area contributed by atoms with Gasteiger partial charge in [0.1, 0.15) is 5.82 Å². The van der Waals surface area contributed by atoms with Gasteiger partial charge in [0.15, 0.2) is 0 Å². The lowest BCUT2D eigenvalue weighted by molar-refractivity contribution is 0.188. The predicted molar refractivity (Wildman–Crippen MR) is 106 cm³/mol.